The number of Topliss-reactive ketones (excluding diaryl/α,β-unsaturated/α-hetero) is 2. The molecule has 32 heavy (non-hydrogen) atoms. The topological polar surface area (TPSA) is 69.8 Å². The number of likely N-dealkylation sites (N-methyl/N-ethyl adjacent to an activating group) is 1. The third-order valence-corrected chi connectivity index (χ3v) is 6.01. The van der Waals surface area contributed by atoms with Crippen molar-refractivity contribution in [1.82, 2.24) is 4.90 Å². The number of aromatic hydroxyl groups is 1. The van der Waals surface area contributed by atoms with Gasteiger partial charge in [0, 0.05) is 17.2 Å². The highest BCUT2D eigenvalue weighted by Gasteiger charge is 2.58. The van der Waals surface area contributed by atoms with E-state index >= 15 is 0 Å². The van der Waals surface area contributed by atoms with E-state index in [4.69, 9.17) is 4.74 Å². The molecule has 0 saturated carbocycles. The standard InChI is InChI=1S/C25H26N2O4.HI/c1-5-26-21(13-11-16-10-12-19(28)20(14-16)31-4)27(15(2)3)23-22(26)24(29)17-8-6-7-9-18(17)25(23)30;/h6-15,22-23H,5H2,1-4H3;1H. The molecule has 0 amide bonds. The summed E-state index contributed by atoms with van der Waals surface area (Å²) < 4.78 is 7.22. The summed E-state index contributed by atoms with van der Waals surface area (Å²) in [6.45, 7) is 6.67. The van der Waals surface area contributed by atoms with Crippen LogP contribution < -0.4 is 28.7 Å². The molecule has 1 N–H and O–H groups in total. The van der Waals surface area contributed by atoms with Gasteiger partial charge in [-0.1, -0.05) is 30.3 Å². The van der Waals surface area contributed by atoms with Gasteiger partial charge in [-0.2, -0.15) is 0 Å². The largest absolute Gasteiger partial charge is 1.00 e. The first-order chi connectivity index (χ1) is 14.9. The number of fused-ring (bicyclic) bond motifs is 2. The van der Waals surface area contributed by atoms with Crippen molar-refractivity contribution in [2.75, 3.05) is 13.7 Å². The van der Waals surface area contributed by atoms with Crippen LogP contribution in [-0.2, 0) is 0 Å². The number of ether oxygens (including phenoxy) is 1. The van der Waals surface area contributed by atoms with Crippen LogP contribution in [0.3, 0.4) is 0 Å². The van der Waals surface area contributed by atoms with Gasteiger partial charge in [-0.25, -0.2) is 9.48 Å². The minimum absolute atomic E-state index is 0. The van der Waals surface area contributed by atoms with Gasteiger partial charge in [-0.15, -0.1) is 0 Å². The SMILES string of the molecule is CC[N+]1=C(/C=C/c2ccc(O)c(OC)c2)N(C(C)C)C2C(=O)c3ccccc3C(=O)C21.[I-]. The Bertz CT molecular complexity index is 1120. The minimum atomic E-state index is -0.545. The summed E-state index contributed by atoms with van der Waals surface area (Å²) in [6, 6.07) is 11.2. The third-order valence-electron chi connectivity index (χ3n) is 6.01. The molecular weight excluding hydrogens is 519 g/mol. The van der Waals surface area contributed by atoms with Gasteiger partial charge in [0.15, 0.2) is 11.5 Å². The number of phenols is 1. The average Bonchev–Trinajstić information content (AvgIpc) is 3.11. The van der Waals surface area contributed by atoms with E-state index < -0.39 is 12.1 Å². The molecule has 1 heterocycles. The number of methoxy groups -OCH3 is 1. The monoisotopic (exact) mass is 546 g/mol. The van der Waals surface area contributed by atoms with E-state index in [1.54, 1.807) is 42.5 Å². The maximum Gasteiger partial charge on any atom is 0.273 e. The fourth-order valence-electron chi connectivity index (χ4n) is 4.64. The van der Waals surface area contributed by atoms with Crippen LogP contribution in [0.4, 0.5) is 0 Å². The maximum atomic E-state index is 13.5. The lowest BCUT2D eigenvalue weighted by atomic mass is 9.82. The van der Waals surface area contributed by atoms with Crippen molar-refractivity contribution in [3.05, 3.63) is 65.2 Å². The minimum Gasteiger partial charge on any atom is -1.00 e. The van der Waals surface area contributed by atoms with Crippen molar-refractivity contribution in [2.45, 2.75) is 38.9 Å². The zero-order chi connectivity index (χ0) is 22.3. The first-order valence-electron chi connectivity index (χ1n) is 10.5. The quantitative estimate of drug-likeness (QED) is 0.435. The summed E-state index contributed by atoms with van der Waals surface area (Å²) in [5.74, 6) is 1.28. The molecule has 2 aliphatic rings. The van der Waals surface area contributed by atoms with Crippen molar-refractivity contribution in [2.24, 2.45) is 0 Å². The number of halogens is 1. The molecule has 1 aliphatic heterocycles. The van der Waals surface area contributed by atoms with Gasteiger partial charge in [0.25, 0.3) is 5.84 Å². The van der Waals surface area contributed by atoms with Crippen LogP contribution in [0.5, 0.6) is 11.5 Å². The molecule has 7 heteroatoms. The Balaban J connectivity index is 0.00000289. The number of phenolic OH excluding ortho intramolecular Hbond substituents is 1. The highest BCUT2D eigenvalue weighted by molar-refractivity contribution is 6.20. The van der Waals surface area contributed by atoms with E-state index in [2.05, 4.69) is 4.90 Å². The van der Waals surface area contributed by atoms with Crippen LogP contribution in [0.25, 0.3) is 6.08 Å². The van der Waals surface area contributed by atoms with Crippen molar-refractivity contribution < 1.29 is 48.0 Å². The van der Waals surface area contributed by atoms with Crippen LogP contribution in [-0.4, -0.2) is 63.8 Å². The van der Waals surface area contributed by atoms with Gasteiger partial charge >= 0.3 is 0 Å². The van der Waals surface area contributed by atoms with E-state index in [9.17, 15) is 14.7 Å². The lowest BCUT2D eigenvalue weighted by molar-refractivity contribution is -0.538. The van der Waals surface area contributed by atoms with Gasteiger partial charge in [-0.3, -0.25) is 9.59 Å². The van der Waals surface area contributed by atoms with Gasteiger partial charge in [-0.05, 0) is 44.5 Å². The molecule has 2 aromatic carbocycles. The molecule has 0 fully saturated rings. The Morgan fingerprint density at radius 2 is 1.75 bits per heavy atom. The zero-order valence-electron chi connectivity index (χ0n) is 18.6. The predicted octanol–water partition coefficient (Wildman–Crippen LogP) is 0.389. The average molecular weight is 546 g/mol. The summed E-state index contributed by atoms with van der Waals surface area (Å²) in [4.78, 5) is 28.9. The Hall–Kier alpha value is -2.68. The maximum absolute atomic E-state index is 13.5. The lowest BCUT2D eigenvalue weighted by Gasteiger charge is -2.28. The van der Waals surface area contributed by atoms with Gasteiger partial charge in [0.1, 0.15) is 0 Å². The molecule has 0 aromatic heterocycles. The Morgan fingerprint density at radius 3 is 2.34 bits per heavy atom. The molecule has 4 rings (SSSR count). The lowest BCUT2D eigenvalue weighted by Crippen LogP contribution is -3.00. The highest BCUT2D eigenvalue weighted by atomic mass is 127. The normalized spacial score (nSPS) is 20.0. The number of carbonyl (C=O) groups is 2. The van der Waals surface area contributed by atoms with Gasteiger partial charge < -0.3 is 33.8 Å². The van der Waals surface area contributed by atoms with Crippen molar-refractivity contribution in [3.8, 4) is 11.5 Å². The Kier molecular flexibility index (Phi) is 7.07. The van der Waals surface area contributed by atoms with Crippen LogP contribution in [0.1, 0.15) is 47.1 Å². The molecule has 0 radical (unpaired) electrons. The van der Waals surface area contributed by atoms with E-state index in [0.29, 0.717) is 23.4 Å². The molecule has 2 atom stereocenters. The molecule has 1 aliphatic carbocycles. The number of ketones is 2. The van der Waals surface area contributed by atoms with E-state index in [-0.39, 0.29) is 47.3 Å². The number of hydrogen-bond donors (Lipinski definition) is 1. The summed E-state index contributed by atoms with van der Waals surface area (Å²) in [6.07, 6.45) is 3.85. The highest BCUT2D eigenvalue weighted by Crippen LogP contribution is 2.33. The van der Waals surface area contributed by atoms with E-state index in [0.717, 1.165) is 11.4 Å². The first kappa shape index (κ1) is 24.0. The second kappa shape index (κ2) is 9.44. The van der Waals surface area contributed by atoms with Crippen LogP contribution >= 0.6 is 0 Å². The first-order valence-corrected chi connectivity index (χ1v) is 10.5. The molecule has 0 saturated heterocycles. The summed E-state index contributed by atoms with van der Waals surface area (Å²) in [5, 5.41) is 9.85. The summed E-state index contributed by atoms with van der Waals surface area (Å²) in [5.41, 5.74) is 1.85. The number of benzene rings is 2. The summed E-state index contributed by atoms with van der Waals surface area (Å²) in [7, 11) is 1.51. The molecule has 6 nitrogen and oxygen atoms in total. The fourth-order valence-corrected chi connectivity index (χ4v) is 4.64. The fraction of sp³-hybridized carbons (Fsp3) is 0.320. The van der Waals surface area contributed by atoms with Crippen LogP contribution in [0.15, 0.2) is 48.5 Å². The number of rotatable bonds is 5. The summed E-state index contributed by atoms with van der Waals surface area (Å²) >= 11 is 0. The Morgan fingerprint density at radius 1 is 1.09 bits per heavy atom. The zero-order valence-corrected chi connectivity index (χ0v) is 20.7. The van der Waals surface area contributed by atoms with Crippen molar-refractivity contribution in [3.63, 3.8) is 0 Å². The van der Waals surface area contributed by atoms with E-state index in [1.165, 1.54) is 7.11 Å². The van der Waals surface area contributed by atoms with Crippen molar-refractivity contribution >= 4 is 23.5 Å². The number of amidine groups is 1. The molecule has 0 bridgehead atoms. The second-order valence-corrected chi connectivity index (χ2v) is 8.07. The molecular formula is C25H27IN2O4. The van der Waals surface area contributed by atoms with Crippen LogP contribution in [0, 0.1) is 0 Å². The number of hydrogen-bond acceptors (Lipinski definition) is 5. The van der Waals surface area contributed by atoms with E-state index in [1.807, 2.05) is 37.5 Å². The van der Waals surface area contributed by atoms with Crippen LogP contribution in [0.2, 0.25) is 0 Å². The van der Waals surface area contributed by atoms with Crippen molar-refractivity contribution in [1.29, 1.82) is 0 Å². The van der Waals surface area contributed by atoms with Gasteiger partial charge in [0.2, 0.25) is 23.7 Å². The molecule has 2 aromatic rings. The number of carbonyl (C=O) groups excluding carboxylic acids is 2. The third kappa shape index (κ3) is 3.83. The smallest absolute Gasteiger partial charge is 0.273 e. The second-order valence-electron chi connectivity index (χ2n) is 8.07. The molecule has 0 spiro atoms. The van der Waals surface area contributed by atoms with Gasteiger partial charge in [0.05, 0.1) is 19.7 Å². The predicted molar refractivity (Wildman–Crippen MR) is 119 cm³/mol. The number of nitrogens with zero attached hydrogens (tertiary/aromatic N) is 2. The molecule has 2 unspecified atom stereocenters. The Labute approximate surface area is 205 Å². The molecule has 168 valence electrons.